The molecule has 3 rings (SSSR count). The SMILES string of the molecule is CCC(N)C(c1cc(Br)cs1)N(C)CC1CC2CCC1C2. The number of hydrogen-bond donors (Lipinski definition) is 1. The highest BCUT2D eigenvalue weighted by Crippen LogP contribution is 2.49. The number of hydrogen-bond acceptors (Lipinski definition) is 3. The van der Waals surface area contributed by atoms with Crippen LogP contribution in [0.5, 0.6) is 0 Å². The van der Waals surface area contributed by atoms with Crippen molar-refractivity contribution in [2.75, 3.05) is 13.6 Å². The molecular weight excluding hydrogens is 344 g/mol. The van der Waals surface area contributed by atoms with Gasteiger partial charge in [-0.05, 0) is 72.5 Å². The Morgan fingerprint density at radius 1 is 1.43 bits per heavy atom. The van der Waals surface area contributed by atoms with Crippen molar-refractivity contribution in [3.8, 4) is 0 Å². The van der Waals surface area contributed by atoms with Gasteiger partial charge in [0.15, 0.2) is 0 Å². The maximum absolute atomic E-state index is 6.46. The molecule has 0 aliphatic heterocycles. The molecule has 1 aromatic heterocycles. The lowest BCUT2D eigenvalue weighted by molar-refractivity contribution is 0.155. The van der Waals surface area contributed by atoms with Gasteiger partial charge in [-0.15, -0.1) is 11.3 Å². The highest BCUT2D eigenvalue weighted by Gasteiger charge is 2.40. The lowest BCUT2D eigenvalue weighted by Gasteiger charge is -2.35. The van der Waals surface area contributed by atoms with Crippen molar-refractivity contribution in [1.29, 1.82) is 0 Å². The van der Waals surface area contributed by atoms with Gasteiger partial charge in [0, 0.05) is 27.3 Å². The molecule has 0 spiro atoms. The first-order chi connectivity index (χ1) is 10.1. The molecule has 0 radical (unpaired) electrons. The van der Waals surface area contributed by atoms with Crippen molar-refractivity contribution in [3.63, 3.8) is 0 Å². The maximum Gasteiger partial charge on any atom is 0.0591 e. The summed E-state index contributed by atoms with van der Waals surface area (Å²) >= 11 is 5.42. The number of nitrogens with zero attached hydrogens (tertiary/aromatic N) is 1. The Balaban J connectivity index is 1.70. The standard InChI is InChI=1S/C17H27BrN2S/c1-3-15(19)17(16-8-14(18)10-21-16)20(2)9-13-7-11-4-5-12(13)6-11/h8,10-13,15,17H,3-7,9,19H2,1-2H3. The molecule has 2 fully saturated rings. The Kier molecular flexibility index (Phi) is 5.09. The first-order valence-electron chi connectivity index (χ1n) is 8.28. The van der Waals surface area contributed by atoms with Gasteiger partial charge in [0.2, 0.25) is 0 Å². The summed E-state index contributed by atoms with van der Waals surface area (Å²) in [5.74, 6) is 2.93. The third-order valence-electron chi connectivity index (χ3n) is 5.64. The molecule has 118 valence electrons. The summed E-state index contributed by atoms with van der Waals surface area (Å²) in [5.41, 5.74) is 6.46. The van der Waals surface area contributed by atoms with Crippen LogP contribution >= 0.6 is 27.3 Å². The minimum absolute atomic E-state index is 0.221. The van der Waals surface area contributed by atoms with E-state index in [4.69, 9.17) is 5.73 Å². The Morgan fingerprint density at radius 3 is 2.76 bits per heavy atom. The first-order valence-corrected chi connectivity index (χ1v) is 9.95. The molecule has 1 aromatic rings. The van der Waals surface area contributed by atoms with Gasteiger partial charge in [-0.1, -0.05) is 13.3 Å². The Labute approximate surface area is 141 Å². The Hall–Kier alpha value is 0.1000. The second-order valence-corrected chi connectivity index (χ2v) is 8.92. The second-order valence-electron chi connectivity index (χ2n) is 7.06. The van der Waals surface area contributed by atoms with Gasteiger partial charge in [0.25, 0.3) is 0 Å². The van der Waals surface area contributed by atoms with E-state index in [1.54, 1.807) is 0 Å². The summed E-state index contributed by atoms with van der Waals surface area (Å²) in [4.78, 5) is 3.94. The molecule has 0 amide bonds. The van der Waals surface area contributed by atoms with Crippen LogP contribution < -0.4 is 5.73 Å². The maximum atomic E-state index is 6.46. The summed E-state index contributed by atoms with van der Waals surface area (Å²) in [7, 11) is 2.28. The number of nitrogens with two attached hydrogens (primary N) is 1. The van der Waals surface area contributed by atoms with E-state index in [0.717, 1.165) is 24.2 Å². The van der Waals surface area contributed by atoms with E-state index in [9.17, 15) is 0 Å². The molecule has 2 saturated carbocycles. The molecule has 1 heterocycles. The van der Waals surface area contributed by atoms with Crippen LogP contribution in [0.4, 0.5) is 0 Å². The van der Waals surface area contributed by atoms with E-state index >= 15 is 0 Å². The average Bonchev–Trinajstić information content (AvgIpc) is 3.16. The largest absolute Gasteiger partial charge is 0.326 e. The summed E-state index contributed by atoms with van der Waals surface area (Å²) in [6.07, 6.45) is 6.94. The molecule has 2 N–H and O–H groups in total. The fraction of sp³-hybridized carbons (Fsp3) is 0.765. The zero-order valence-corrected chi connectivity index (χ0v) is 15.5. The van der Waals surface area contributed by atoms with Gasteiger partial charge < -0.3 is 5.73 Å². The topological polar surface area (TPSA) is 29.3 Å². The number of rotatable bonds is 6. The van der Waals surface area contributed by atoms with Crippen LogP contribution in [0, 0.1) is 17.8 Å². The first kappa shape index (κ1) is 16.0. The molecule has 2 bridgehead atoms. The van der Waals surface area contributed by atoms with Crippen molar-refractivity contribution in [2.24, 2.45) is 23.5 Å². The van der Waals surface area contributed by atoms with E-state index in [1.165, 1.54) is 41.6 Å². The van der Waals surface area contributed by atoms with Gasteiger partial charge in [-0.3, -0.25) is 4.90 Å². The number of thiophene rings is 1. The molecule has 4 heteroatoms. The zero-order valence-electron chi connectivity index (χ0n) is 13.1. The van der Waals surface area contributed by atoms with E-state index in [-0.39, 0.29) is 6.04 Å². The number of fused-ring (bicyclic) bond motifs is 2. The summed E-state index contributed by atoms with van der Waals surface area (Å²) in [6.45, 7) is 3.42. The van der Waals surface area contributed by atoms with Crippen molar-refractivity contribution >= 4 is 27.3 Å². The van der Waals surface area contributed by atoms with Gasteiger partial charge in [0.05, 0.1) is 6.04 Å². The number of halogens is 1. The average molecular weight is 371 g/mol. The highest BCUT2D eigenvalue weighted by molar-refractivity contribution is 9.10. The quantitative estimate of drug-likeness (QED) is 0.788. The molecule has 2 aliphatic rings. The van der Waals surface area contributed by atoms with E-state index < -0.39 is 0 Å². The molecular formula is C17H27BrN2S. The normalized spacial score (nSPS) is 31.0. The molecule has 5 atom stereocenters. The van der Waals surface area contributed by atoms with E-state index in [1.807, 2.05) is 11.3 Å². The number of likely N-dealkylation sites (N-methyl/N-ethyl adjacent to an activating group) is 1. The van der Waals surface area contributed by atoms with Gasteiger partial charge in [-0.25, -0.2) is 0 Å². The van der Waals surface area contributed by atoms with Crippen LogP contribution in [0.25, 0.3) is 0 Å². The van der Waals surface area contributed by atoms with Crippen molar-refractivity contribution < 1.29 is 0 Å². The molecule has 2 aliphatic carbocycles. The fourth-order valence-electron chi connectivity index (χ4n) is 4.55. The van der Waals surface area contributed by atoms with Crippen molar-refractivity contribution in [2.45, 2.75) is 51.1 Å². The van der Waals surface area contributed by atoms with Crippen LogP contribution in [-0.4, -0.2) is 24.5 Å². The van der Waals surface area contributed by atoms with Crippen LogP contribution in [0.3, 0.4) is 0 Å². The fourth-order valence-corrected chi connectivity index (χ4v) is 6.23. The van der Waals surface area contributed by atoms with Gasteiger partial charge >= 0.3 is 0 Å². The molecule has 21 heavy (non-hydrogen) atoms. The van der Waals surface area contributed by atoms with Gasteiger partial charge in [0.1, 0.15) is 0 Å². The smallest absolute Gasteiger partial charge is 0.0591 e. The third kappa shape index (κ3) is 3.39. The van der Waals surface area contributed by atoms with E-state index in [2.05, 4.69) is 46.2 Å². The summed E-state index contributed by atoms with van der Waals surface area (Å²) < 4.78 is 1.18. The molecule has 0 aromatic carbocycles. The highest BCUT2D eigenvalue weighted by atomic mass is 79.9. The lowest BCUT2D eigenvalue weighted by atomic mass is 9.88. The second kappa shape index (κ2) is 6.69. The minimum atomic E-state index is 0.221. The Morgan fingerprint density at radius 2 is 2.24 bits per heavy atom. The minimum Gasteiger partial charge on any atom is -0.326 e. The van der Waals surface area contributed by atoms with Crippen LogP contribution in [0.15, 0.2) is 15.9 Å². The molecule has 2 nitrogen and oxygen atoms in total. The monoisotopic (exact) mass is 370 g/mol. The predicted octanol–water partition coefficient (Wildman–Crippen LogP) is 4.66. The molecule has 5 unspecified atom stereocenters. The Bertz CT molecular complexity index is 475. The van der Waals surface area contributed by atoms with E-state index in [0.29, 0.717) is 6.04 Å². The van der Waals surface area contributed by atoms with Gasteiger partial charge in [-0.2, -0.15) is 0 Å². The van der Waals surface area contributed by atoms with Crippen molar-refractivity contribution in [1.82, 2.24) is 4.90 Å². The van der Waals surface area contributed by atoms with Crippen LogP contribution in [-0.2, 0) is 0 Å². The van der Waals surface area contributed by atoms with Crippen LogP contribution in [0.1, 0.15) is 49.9 Å². The summed E-state index contributed by atoms with van der Waals surface area (Å²) in [5, 5.41) is 2.18. The third-order valence-corrected chi connectivity index (χ3v) is 7.40. The van der Waals surface area contributed by atoms with Crippen molar-refractivity contribution in [3.05, 3.63) is 20.8 Å². The zero-order chi connectivity index (χ0) is 15.0. The predicted molar refractivity (Wildman–Crippen MR) is 94.6 cm³/mol. The summed E-state index contributed by atoms with van der Waals surface area (Å²) in [6, 6.07) is 2.84. The molecule has 0 saturated heterocycles. The van der Waals surface area contributed by atoms with Crippen LogP contribution in [0.2, 0.25) is 0 Å². The lowest BCUT2D eigenvalue weighted by Crippen LogP contribution is -2.41.